The molecule has 3 heteroatoms. The van der Waals surface area contributed by atoms with Crippen LogP contribution in [0.25, 0.3) is 6.08 Å². The van der Waals surface area contributed by atoms with Gasteiger partial charge in [-0.25, -0.2) is 0 Å². The first-order valence-corrected chi connectivity index (χ1v) is 9.02. The summed E-state index contributed by atoms with van der Waals surface area (Å²) in [5.74, 6) is 0. The zero-order valence-corrected chi connectivity index (χ0v) is 16.0. The van der Waals surface area contributed by atoms with E-state index in [1.54, 1.807) is 0 Å². The Bertz CT molecular complexity index is 556. The van der Waals surface area contributed by atoms with Gasteiger partial charge in [0.1, 0.15) is 0 Å². The molecule has 0 amide bonds. The molecule has 0 bridgehead atoms. The predicted octanol–water partition coefficient (Wildman–Crippen LogP) is 1.71. The fourth-order valence-corrected chi connectivity index (χ4v) is 2.52. The molecule has 3 nitrogen and oxygen atoms in total. The van der Waals surface area contributed by atoms with Crippen molar-refractivity contribution in [2.75, 3.05) is 45.7 Å². The van der Waals surface area contributed by atoms with Gasteiger partial charge in [-0.1, -0.05) is 36.4 Å². The number of nitrogens with zero attached hydrogens (tertiary/aromatic N) is 1. The molecular weight excluding hydrogens is 294 g/mol. The summed E-state index contributed by atoms with van der Waals surface area (Å²) in [5.41, 5.74) is 3.79. The van der Waals surface area contributed by atoms with Gasteiger partial charge in [-0.15, -0.1) is 0 Å². The summed E-state index contributed by atoms with van der Waals surface area (Å²) in [6, 6.07) is 8.62. The standard InChI is InChI=1S/C21H33N3/c1-6-19(15-16-22-7-2)13-14-20-11-8-9-12-21(20)24(5)18-10-17-23(3)4/h6,8-9,11-16,22H,7,10,17-18H2,1-5H3/p+2/b14-13+,16-15-,19-6-. The molecule has 0 fully saturated rings. The monoisotopic (exact) mass is 329 g/mol. The van der Waals surface area contributed by atoms with Gasteiger partial charge >= 0.3 is 0 Å². The first kappa shape index (κ1) is 20.2. The molecule has 1 rings (SSSR count). The molecule has 0 aromatic heterocycles. The number of rotatable bonds is 10. The molecule has 132 valence electrons. The SMILES string of the molecule is C/C=C(\C=C/[NH2+]CC)/C=C/c1ccccc1N(C)CCC[NH+](C)C. The van der Waals surface area contributed by atoms with Crippen LogP contribution in [0.15, 0.2) is 54.3 Å². The van der Waals surface area contributed by atoms with E-state index in [-0.39, 0.29) is 0 Å². The Morgan fingerprint density at radius 3 is 2.62 bits per heavy atom. The molecule has 0 aliphatic heterocycles. The number of hydrogen-bond donors (Lipinski definition) is 2. The van der Waals surface area contributed by atoms with Gasteiger partial charge in [0.05, 0.1) is 33.4 Å². The molecule has 0 saturated carbocycles. The molecule has 0 atom stereocenters. The summed E-state index contributed by atoms with van der Waals surface area (Å²) in [6.45, 7) is 7.58. The summed E-state index contributed by atoms with van der Waals surface area (Å²) in [5, 5.41) is 2.17. The molecule has 0 spiro atoms. The topological polar surface area (TPSA) is 24.3 Å². The second-order valence-electron chi connectivity index (χ2n) is 6.42. The molecule has 24 heavy (non-hydrogen) atoms. The highest BCUT2D eigenvalue weighted by atomic mass is 15.1. The summed E-state index contributed by atoms with van der Waals surface area (Å²) >= 11 is 0. The van der Waals surface area contributed by atoms with E-state index >= 15 is 0 Å². The first-order chi connectivity index (χ1) is 11.6. The molecule has 3 N–H and O–H groups in total. The molecule has 0 heterocycles. The summed E-state index contributed by atoms with van der Waals surface area (Å²) < 4.78 is 0. The Labute approximate surface area is 148 Å². The lowest BCUT2D eigenvalue weighted by atomic mass is 10.1. The van der Waals surface area contributed by atoms with Crippen molar-refractivity contribution >= 4 is 11.8 Å². The molecule has 0 aliphatic carbocycles. The number of nitrogens with one attached hydrogen (secondary N) is 1. The van der Waals surface area contributed by atoms with Gasteiger partial charge in [-0.3, -0.25) is 0 Å². The van der Waals surface area contributed by atoms with Gasteiger partial charge in [-0.2, -0.15) is 0 Å². The van der Waals surface area contributed by atoms with E-state index in [1.807, 2.05) is 0 Å². The minimum atomic E-state index is 1.07. The van der Waals surface area contributed by atoms with Crippen LogP contribution in [0.5, 0.6) is 0 Å². The number of para-hydroxylation sites is 1. The molecule has 1 aromatic rings. The van der Waals surface area contributed by atoms with Gasteiger partial charge in [0.15, 0.2) is 0 Å². The van der Waals surface area contributed by atoms with Gasteiger partial charge in [-0.05, 0) is 37.1 Å². The third-order valence-corrected chi connectivity index (χ3v) is 3.97. The average Bonchev–Trinajstić information content (AvgIpc) is 2.57. The van der Waals surface area contributed by atoms with Crippen molar-refractivity contribution in [1.82, 2.24) is 0 Å². The second-order valence-corrected chi connectivity index (χ2v) is 6.42. The predicted molar refractivity (Wildman–Crippen MR) is 106 cm³/mol. The third-order valence-electron chi connectivity index (χ3n) is 3.97. The summed E-state index contributed by atoms with van der Waals surface area (Å²) in [6.07, 6.45) is 12.0. The van der Waals surface area contributed by atoms with Gasteiger partial charge in [0, 0.05) is 25.7 Å². The lowest BCUT2D eigenvalue weighted by Gasteiger charge is -2.21. The largest absolute Gasteiger partial charge is 0.374 e. The van der Waals surface area contributed by atoms with Crippen LogP contribution in [0.2, 0.25) is 0 Å². The van der Waals surface area contributed by atoms with Crippen molar-refractivity contribution in [3.63, 3.8) is 0 Å². The van der Waals surface area contributed by atoms with E-state index in [0.717, 1.165) is 13.1 Å². The fraction of sp³-hybridized carbons (Fsp3) is 0.429. The average molecular weight is 330 g/mol. The van der Waals surface area contributed by atoms with Crippen molar-refractivity contribution in [1.29, 1.82) is 0 Å². The van der Waals surface area contributed by atoms with Crippen LogP contribution in [-0.2, 0) is 0 Å². The molecule has 0 radical (unpaired) electrons. The van der Waals surface area contributed by atoms with E-state index in [1.165, 1.54) is 34.7 Å². The van der Waals surface area contributed by atoms with Crippen LogP contribution in [0.1, 0.15) is 25.8 Å². The summed E-state index contributed by atoms with van der Waals surface area (Å²) in [7, 11) is 6.60. The third kappa shape index (κ3) is 7.62. The van der Waals surface area contributed by atoms with E-state index in [4.69, 9.17) is 0 Å². The quantitative estimate of drug-likeness (QED) is 0.628. The van der Waals surface area contributed by atoms with Gasteiger partial charge in [0.2, 0.25) is 0 Å². The number of hydrogen-bond acceptors (Lipinski definition) is 1. The van der Waals surface area contributed by atoms with Crippen LogP contribution in [0.4, 0.5) is 5.69 Å². The summed E-state index contributed by atoms with van der Waals surface area (Å²) in [4.78, 5) is 3.86. The lowest BCUT2D eigenvalue weighted by Crippen LogP contribution is -3.05. The normalized spacial score (nSPS) is 12.7. The van der Waals surface area contributed by atoms with Crippen LogP contribution in [-0.4, -0.2) is 40.8 Å². The maximum Gasteiger partial charge on any atom is 0.0931 e. The molecule has 1 aromatic carbocycles. The molecule has 0 unspecified atom stereocenters. The van der Waals surface area contributed by atoms with E-state index < -0.39 is 0 Å². The molecule has 0 saturated heterocycles. The van der Waals surface area contributed by atoms with Crippen molar-refractivity contribution in [2.24, 2.45) is 0 Å². The molecular formula is C21H35N3+2. The van der Waals surface area contributed by atoms with Crippen molar-refractivity contribution in [3.05, 3.63) is 59.8 Å². The van der Waals surface area contributed by atoms with E-state index in [9.17, 15) is 0 Å². The minimum Gasteiger partial charge on any atom is -0.374 e. The fourth-order valence-electron chi connectivity index (χ4n) is 2.52. The number of allylic oxidation sites excluding steroid dienone is 4. The molecule has 0 aliphatic rings. The highest BCUT2D eigenvalue weighted by Crippen LogP contribution is 2.21. The Kier molecular flexibility index (Phi) is 9.81. The lowest BCUT2D eigenvalue weighted by molar-refractivity contribution is -0.858. The Hall–Kier alpha value is -1.84. The zero-order chi connectivity index (χ0) is 17.8. The highest BCUT2D eigenvalue weighted by molar-refractivity contribution is 5.69. The first-order valence-electron chi connectivity index (χ1n) is 9.02. The smallest absolute Gasteiger partial charge is 0.0931 e. The number of benzene rings is 1. The number of nitrogens with two attached hydrogens (primary N) is 1. The Morgan fingerprint density at radius 1 is 1.21 bits per heavy atom. The number of quaternary nitrogens is 2. The van der Waals surface area contributed by atoms with Crippen molar-refractivity contribution in [3.8, 4) is 0 Å². The van der Waals surface area contributed by atoms with Gasteiger partial charge in [0.25, 0.3) is 0 Å². The van der Waals surface area contributed by atoms with E-state index in [0.29, 0.717) is 0 Å². The van der Waals surface area contributed by atoms with Gasteiger partial charge < -0.3 is 15.1 Å². The van der Waals surface area contributed by atoms with E-state index in [2.05, 4.69) is 100.0 Å². The highest BCUT2D eigenvalue weighted by Gasteiger charge is 2.05. The second kappa shape index (κ2) is 11.7. The van der Waals surface area contributed by atoms with Crippen LogP contribution in [0, 0.1) is 0 Å². The minimum absolute atomic E-state index is 1.07. The van der Waals surface area contributed by atoms with Crippen LogP contribution in [0.3, 0.4) is 0 Å². The van der Waals surface area contributed by atoms with Crippen molar-refractivity contribution < 1.29 is 10.2 Å². The van der Waals surface area contributed by atoms with Crippen LogP contribution >= 0.6 is 0 Å². The zero-order valence-electron chi connectivity index (χ0n) is 16.0. The Balaban J connectivity index is 2.79. The maximum atomic E-state index is 2.36. The van der Waals surface area contributed by atoms with Crippen LogP contribution < -0.4 is 15.1 Å². The number of anilines is 1. The Morgan fingerprint density at radius 2 is 1.96 bits per heavy atom. The van der Waals surface area contributed by atoms with Crippen molar-refractivity contribution in [2.45, 2.75) is 20.3 Å². The maximum absolute atomic E-state index is 2.36.